The molecule has 4 heteroatoms. The number of benzene rings is 3. The fourth-order valence-corrected chi connectivity index (χ4v) is 3.54. The van der Waals surface area contributed by atoms with E-state index in [-0.39, 0.29) is 0 Å². The largest absolute Gasteiger partial charge is 0.352 e. The van der Waals surface area contributed by atoms with E-state index in [9.17, 15) is 0 Å². The van der Waals surface area contributed by atoms with Crippen LogP contribution in [0.2, 0.25) is 0 Å². The molecular weight excluding hydrogens is 344 g/mol. The Morgan fingerprint density at radius 2 is 1.64 bits per heavy atom. The highest BCUT2D eigenvalue weighted by Crippen LogP contribution is 2.26. The molecule has 0 aliphatic carbocycles. The third kappa shape index (κ3) is 2.99. The van der Waals surface area contributed by atoms with Gasteiger partial charge in [-0.05, 0) is 28.5 Å². The van der Waals surface area contributed by atoms with Crippen LogP contribution in [0.25, 0.3) is 33.1 Å². The van der Waals surface area contributed by atoms with E-state index in [1.54, 1.807) is 0 Å². The molecule has 1 N–H and O–H groups in total. The number of pyridine rings is 1. The van der Waals surface area contributed by atoms with Crippen LogP contribution in [0.15, 0.2) is 85.1 Å². The zero-order valence-corrected chi connectivity index (χ0v) is 15.6. The number of hydrogen-bond acceptors (Lipinski definition) is 3. The number of fused-ring (bicyclic) bond motifs is 2. The molecule has 0 spiro atoms. The molecule has 0 atom stereocenters. The lowest BCUT2D eigenvalue weighted by atomic mass is 10.0. The molecule has 136 valence electrons. The number of imidazole rings is 1. The highest BCUT2D eigenvalue weighted by atomic mass is 15.2. The van der Waals surface area contributed by atoms with Crippen molar-refractivity contribution in [1.82, 2.24) is 14.5 Å². The standard InChI is InChI=1S/C24H20N4/c1-28-23-14-21(20-12-11-18-9-5-6-10-19(18)13-20)25-16-22(23)27-24(28)26-15-17-7-3-2-4-8-17/h2-14,16H,15H2,1H3,(H,26,27). The van der Waals surface area contributed by atoms with E-state index in [4.69, 9.17) is 4.98 Å². The number of rotatable bonds is 4. The molecule has 0 fully saturated rings. The Balaban J connectivity index is 1.49. The Morgan fingerprint density at radius 3 is 2.50 bits per heavy atom. The third-order valence-electron chi connectivity index (χ3n) is 5.11. The maximum Gasteiger partial charge on any atom is 0.203 e. The highest BCUT2D eigenvalue weighted by molar-refractivity contribution is 5.88. The van der Waals surface area contributed by atoms with E-state index in [1.165, 1.54) is 16.3 Å². The minimum Gasteiger partial charge on any atom is -0.352 e. The predicted octanol–water partition coefficient (Wildman–Crippen LogP) is 5.40. The van der Waals surface area contributed by atoms with Crippen LogP contribution in [0.4, 0.5) is 5.95 Å². The fourth-order valence-electron chi connectivity index (χ4n) is 3.54. The molecule has 3 aromatic carbocycles. The van der Waals surface area contributed by atoms with Crippen molar-refractivity contribution < 1.29 is 0 Å². The van der Waals surface area contributed by atoms with E-state index in [2.05, 4.69) is 75.5 Å². The summed E-state index contributed by atoms with van der Waals surface area (Å²) in [5, 5.41) is 5.88. The normalized spacial score (nSPS) is 11.2. The molecule has 0 bridgehead atoms. The van der Waals surface area contributed by atoms with Crippen LogP contribution in [0.5, 0.6) is 0 Å². The van der Waals surface area contributed by atoms with Gasteiger partial charge in [0.2, 0.25) is 5.95 Å². The molecule has 2 heterocycles. The van der Waals surface area contributed by atoms with Crippen molar-refractivity contribution in [2.45, 2.75) is 6.54 Å². The molecule has 5 aromatic rings. The summed E-state index contributed by atoms with van der Waals surface area (Å²) >= 11 is 0. The maximum atomic E-state index is 4.70. The van der Waals surface area contributed by atoms with E-state index in [1.807, 2.05) is 31.4 Å². The second-order valence-electron chi connectivity index (χ2n) is 6.95. The molecule has 0 radical (unpaired) electrons. The van der Waals surface area contributed by atoms with Crippen molar-refractivity contribution in [3.8, 4) is 11.3 Å². The molecular formula is C24H20N4. The molecule has 5 rings (SSSR count). The van der Waals surface area contributed by atoms with Gasteiger partial charge in [-0.2, -0.15) is 0 Å². The molecule has 0 saturated carbocycles. The van der Waals surface area contributed by atoms with Crippen LogP contribution in [-0.2, 0) is 13.6 Å². The second kappa shape index (κ2) is 6.82. The predicted molar refractivity (Wildman–Crippen MR) is 115 cm³/mol. The van der Waals surface area contributed by atoms with Crippen LogP contribution >= 0.6 is 0 Å². The SMILES string of the molecule is Cn1c(NCc2ccccc2)nc2cnc(-c3ccc4ccccc4c3)cc21. The van der Waals surface area contributed by atoms with Crippen LogP contribution in [0.3, 0.4) is 0 Å². The summed E-state index contributed by atoms with van der Waals surface area (Å²) in [6.45, 7) is 0.739. The first-order valence-corrected chi connectivity index (χ1v) is 9.37. The maximum absolute atomic E-state index is 4.70. The molecule has 0 saturated heterocycles. The Kier molecular flexibility index (Phi) is 4.02. The summed E-state index contributed by atoms with van der Waals surface area (Å²) in [6, 6.07) is 27.3. The molecule has 0 aliphatic heterocycles. The van der Waals surface area contributed by atoms with Crippen LogP contribution in [0.1, 0.15) is 5.56 Å². The molecule has 2 aromatic heterocycles. The number of anilines is 1. The van der Waals surface area contributed by atoms with Crippen LogP contribution in [0, 0.1) is 0 Å². The van der Waals surface area contributed by atoms with E-state index in [0.29, 0.717) is 0 Å². The van der Waals surface area contributed by atoms with Gasteiger partial charge in [0, 0.05) is 19.2 Å². The summed E-state index contributed by atoms with van der Waals surface area (Å²) in [4.78, 5) is 9.35. The van der Waals surface area contributed by atoms with Gasteiger partial charge >= 0.3 is 0 Å². The van der Waals surface area contributed by atoms with Gasteiger partial charge in [-0.1, -0.05) is 66.7 Å². The van der Waals surface area contributed by atoms with Crippen molar-refractivity contribution >= 4 is 27.8 Å². The average molecular weight is 364 g/mol. The highest BCUT2D eigenvalue weighted by Gasteiger charge is 2.10. The van der Waals surface area contributed by atoms with Crippen molar-refractivity contribution in [2.24, 2.45) is 7.05 Å². The minimum absolute atomic E-state index is 0.739. The minimum atomic E-state index is 0.739. The Hall–Kier alpha value is -3.66. The Morgan fingerprint density at radius 1 is 0.857 bits per heavy atom. The van der Waals surface area contributed by atoms with Gasteiger partial charge in [0.25, 0.3) is 0 Å². The fraction of sp³-hybridized carbons (Fsp3) is 0.0833. The lowest BCUT2D eigenvalue weighted by Gasteiger charge is -2.07. The molecule has 0 aliphatic rings. The summed E-state index contributed by atoms with van der Waals surface area (Å²) < 4.78 is 2.09. The quantitative estimate of drug-likeness (QED) is 0.464. The van der Waals surface area contributed by atoms with Gasteiger partial charge in [0.1, 0.15) is 5.52 Å². The molecule has 28 heavy (non-hydrogen) atoms. The zero-order chi connectivity index (χ0) is 18.9. The summed E-state index contributed by atoms with van der Waals surface area (Å²) in [5.41, 5.74) is 5.25. The van der Waals surface area contributed by atoms with Gasteiger partial charge in [-0.25, -0.2) is 4.98 Å². The first kappa shape index (κ1) is 16.5. The number of nitrogens with zero attached hydrogens (tertiary/aromatic N) is 3. The second-order valence-corrected chi connectivity index (χ2v) is 6.95. The van der Waals surface area contributed by atoms with Gasteiger partial charge < -0.3 is 9.88 Å². The molecule has 4 nitrogen and oxygen atoms in total. The average Bonchev–Trinajstić information content (AvgIpc) is 3.07. The lowest BCUT2D eigenvalue weighted by Crippen LogP contribution is -2.04. The van der Waals surface area contributed by atoms with Crippen LogP contribution < -0.4 is 5.32 Å². The lowest BCUT2D eigenvalue weighted by molar-refractivity contribution is 0.927. The summed E-state index contributed by atoms with van der Waals surface area (Å²) in [7, 11) is 2.03. The molecule has 0 unspecified atom stereocenters. The van der Waals surface area contributed by atoms with E-state index < -0.39 is 0 Å². The summed E-state index contributed by atoms with van der Waals surface area (Å²) in [6.07, 6.45) is 1.85. The first-order chi connectivity index (χ1) is 13.8. The van der Waals surface area contributed by atoms with Crippen molar-refractivity contribution in [3.63, 3.8) is 0 Å². The summed E-state index contributed by atoms with van der Waals surface area (Å²) in [5.74, 6) is 0.844. The van der Waals surface area contributed by atoms with Crippen molar-refractivity contribution in [2.75, 3.05) is 5.32 Å². The van der Waals surface area contributed by atoms with Crippen LogP contribution in [-0.4, -0.2) is 14.5 Å². The number of aryl methyl sites for hydroxylation is 1. The van der Waals surface area contributed by atoms with Crippen molar-refractivity contribution in [1.29, 1.82) is 0 Å². The Bertz CT molecular complexity index is 1270. The number of aromatic nitrogens is 3. The van der Waals surface area contributed by atoms with E-state index >= 15 is 0 Å². The Labute approximate surface area is 163 Å². The first-order valence-electron chi connectivity index (χ1n) is 9.37. The zero-order valence-electron chi connectivity index (χ0n) is 15.6. The van der Waals surface area contributed by atoms with Crippen molar-refractivity contribution in [3.05, 3.63) is 90.6 Å². The smallest absolute Gasteiger partial charge is 0.203 e. The van der Waals surface area contributed by atoms with Gasteiger partial charge in [-0.15, -0.1) is 0 Å². The number of hydrogen-bond donors (Lipinski definition) is 1. The van der Waals surface area contributed by atoms with Gasteiger partial charge in [0.05, 0.1) is 17.4 Å². The topological polar surface area (TPSA) is 42.7 Å². The van der Waals surface area contributed by atoms with Gasteiger partial charge in [-0.3, -0.25) is 4.98 Å². The monoisotopic (exact) mass is 364 g/mol. The third-order valence-corrected chi connectivity index (χ3v) is 5.11. The molecule has 0 amide bonds. The van der Waals surface area contributed by atoms with Gasteiger partial charge in [0.15, 0.2) is 0 Å². The van der Waals surface area contributed by atoms with E-state index in [0.717, 1.165) is 34.8 Å². The number of nitrogens with one attached hydrogen (secondary N) is 1.